The third-order valence-corrected chi connectivity index (χ3v) is 23.9. The molecule has 4 atom stereocenters. The van der Waals surface area contributed by atoms with Gasteiger partial charge in [0.25, 0.3) is 0 Å². The Labute approximate surface area is 683 Å². The van der Waals surface area contributed by atoms with Gasteiger partial charge in [0.2, 0.25) is 0 Å². The second kappa shape index (κ2) is 73.2. The number of benzene rings is 3. The monoisotopic (exact) mass is 1520 g/mol. The topological polar surface area (TPSA) is 84.5 Å². The molecule has 0 saturated heterocycles. The van der Waals surface area contributed by atoms with Gasteiger partial charge in [0.05, 0.1) is 49.7 Å². The highest BCUT2D eigenvalue weighted by molar-refractivity contribution is 5.94. The summed E-state index contributed by atoms with van der Waals surface area (Å²) in [5.41, 5.74) is 4.56. The molecule has 0 fully saturated rings. The second-order valence-corrected chi connectivity index (χ2v) is 34.3. The summed E-state index contributed by atoms with van der Waals surface area (Å²) in [6, 6.07) is 26.4. The third-order valence-electron chi connectivity index (χ3n) is 23.9. The predicted molar refractivity (Wildman–Crippen MR) is 483 cm³/mol. The number of allylic oxidation sites excluding steroid dienone is 2. The molecule has 0 radical (unpaired) electrons. The summed E-state index contributed by atoms with van der Waals surface area (Å²) < 4.78 is 27.9. The van der Waals surface area contributed by atoms with Crippen LogP contribution in [-0.2, 0) is 0 Å². The average Bonchev–Trinajstić information content (AvgIpc) is 0.823. The SMILES string of the molecule is CCCCCCCCCCC(CCCCCCCC)COc1ccc(OCC(CCCCCCCC)CCCCCCCCCC)c(/C(C#N)=C/c2ccc(/C=C(\C#N)c3cc(OCC(CCCCCCCC)CCCCCCCCCC)ccc3OCC(CCCCCCCC)CCCCCCCCCC)cc2)c1. The molecular formula is C104H176N2O4. The standard InChI is InChI=1S/C104H176N2O4/c1-9-17-25-33-41-45-53-61-67-93(65-57-49-37-29-21-13-5)87-107-99-77-79-103(109-89-95(69-59-51-39-31-23-15-7)71-63-55-47-43-35-27-19-11-3)101(83-99)97(85-105)81-91-73-75-92(76-74-91)82-98(86-106)102-84-100(108-88-94(66-58-50-38-30-22-14-6)68-62-54-46-42-34-26-18-10-2)78-80-104(102)110-90-96(70-60-52-40-32-24-16-8)72-64-56-48-44-36-28-20-12-4/h73-84,93-96H,9-72,87-90H2,1-8H3/b97-81+,98-82+. The van der Waals surface area contributed by atoms with Crippen molar-refractivity contribution in [3.63, 3.8) is 0 Å². The quantitative estimate of drug-likeness (QED) is 0.0318. The molecule has 4 unspecified atom stereocenters. The van der Waals surface area contributed by atoms with Gasteiger partial charge in [0.1, 0.15) is 23.0 Å². The lowest BCUT2D eigenvalue weighted by Crippen LogP contribution is -2.14. The highest BCUT2D eigenvalue weighted by atomic mass is 16.5. The average molecular weight is 1520 g/mol. The van der Waals surface area contributed by atoms with E-state index in [1.54, 1.807) is 0 Å². The second-order valence-electron chi connectivity index (χ2n) is 34.3. The van der Waals surface area contributed by atoms with Gasteiger partial charge in [-0.2, -0.15) is 10.5 Å². The molecule has 0 aromatic heterocycles. The van der Waals surface area contributed by atoms with Crippen LogP contribution in [-0.4, -0.2) is 26.4 Å². The Hall–Kier alpha value is -4.68. The van der Waals surface area contributed by atoms with Crippen molar-refractivity contribution in [2.24, 2.45) is 23.7 Å². The smallest absolute Gasteiger partial charge is 0.128 e. The molecule has 0 aliphatic carbocycles. The Morgan fingerprint density at radius 2 is 0.427 bits per heavy atom. The van der Waals surface area contributed by atoms with E-state index in [1.807, 2.05) is 12.2 Å². The van der Waals surface area contributed by atoms with Crippen LogP contribution in [0.2, 0.25) is 0 Å². The highest BCUT2D eigenvalue weighted by Gasteiger charge is 2.21. The van der Waals surface area contributed by atoms with Gasteiger partial charge >= 0.3 is 0 Å². The Morgan fingerprint density at radius 1 is 0.245 bits per heavy atom. The van der Waals surface area contributed by atoms with Gasteiger partial charge in [-0.1, -0.05) is 439 Å². The van der Waals surface area contributed by atoms with Gasteiger partial charge in [-0.25, -0.2) is 0 Å². The first-order chi connectivity index (χ1) is 54.3. The molecule has 3 aromatic rings. The molecule has 0 aliphatic heterocycles. The minimum Gasteiger partial charge on any atom is -0.493 e. The fraction of sp³-hybridized carbons (Fsp3) is 0.769. The lowest BCUT2D eigenvalue weighted by Gasteiger charge is -2.21. The van der Waals surface area contributed by atoms with Crippen molar-refractivity contribution < 1.29 is 18.9 Å². The summed E-state index contributed by atoms with van der Waals surface area (Å²) in [5, 5.41) is 22.7. The van der Waals surface area contributed by atoms with Crippen LogP contribution in [0, 0.1) is 46.3 Å². The van der Waals surface area contributed by atoms with Crippen LogP contribution < -0.4 is 18.9 Å². The van der Waals surface area contributed by atoms with E-state index in [4.69, 9.17) is 18.9 Å². The van der Waals surface area contributed by atoms with Crippen molar-refractivity contribution in [1.29, 1.82) is 10.5 Å². The van der Waals surface area contributed by atoms with Crippen LogP contribution in [0.3, 0.4) is 0 Å². The highest BCUT2D eigenvalue weighted by Crippen LogP contribution is 2.37. The Bertz CT molecular complexity index is 2510. The number of hydrogen-bond donors (Lipinski definition) is 0. The van der Waals surface area contributed by atoms with Crippen molar-refractivity contribution in [2.75, 3.05) is 26.4 Å². The largest absolute Gasteiger partial charge is 0.493 e. The van der Waals surface area contributed by atoms with Crippen LogP contribution in [0.25, 0.3) is 23.3 Å². The third kappa shape index (κ3) is 52.7. The molecule has 0 heterocycles. The summed E-state index contributed by atoms with van der Waals surface area (Å²) in [6.07, 6.45) is 87.2. The van der Waals surface area contributed by atoms with Gasteiger partial charge in [0, 0.05) is 11.1 Å². The summed E-state index contributed by atoms with van der Waals surface area (Å²) >= 11 is 0. The van der Waals surface area contributed by atoms with Gasteiger partial charge in [-0.3, -0.25) is 0 Å². The first kappa shape index (κ1) is 99.5. The van der Waals surface area contributed by atoms with Crippen LogP contribution >= 0.6 is 0 Å². The van der Waals surface area contributed by atoms with Crippen molar-refractivity contribution in [3.8, 4) is 35.1 Å². The maximum absolute atomic E-state index is 11.4. The summed E-state index contributed by atoms with van der Waals surface area (Å²) in [5.74, 6) is 5.08. The van der Waals surface area contributed by atoms with Gasteiger partial charge in [0.15, 0.2) is 0 Å². The molecule has 0 spiro atoms. The lowest BCUT2D eigenvalue weighted by molar-refractivity contribution is 0.218. The zero-order chi connectivity index (χ0) is 78.9. The minimum absolute atomic E-state index is 0.466. The van der Waals surface area contributed by atoms with E-state index >= 15 is 0 Å². The van der Waals surface area contributed by atoms with E-state index in [2.05, 4.69) is 128 Å². The van der Waals surface area contributed by atoms with E-state index in [0.717, 1.165) is 45.3 Å². The minimum atomic E-state index is 0.466. The van der Waals surface area contributed by atoms with Crippen LogP contribution in [0.5, 0.6) is 23.0 Å². The molecule has 0 amide bonds. The molecule has 626 valence electrons. The maximum Gasteiger partial charge on any atom is 0.128 e. The lowest BCUT2D eigenvalue weighted by atomic mass is 9.94. The number of hydrogen-bond acceptors (Lipinski definition) is 6. The van der Waals surface area contributed by atoms with Crippen molar-refractivity contribution in [2.45, 2.75) is 466 Å². The molecular weight excluding hydrogens is 1340 g/mol. The molecule has 6 heteroatoms. The molecule has 0 saturated carbocycles. The van der Waals surface area contributed by atoms with Crippen LogP contribution in [0.15, 0.2) is 60.7 Å². The Kier molecular flexibility index (Phi) is 66.2. The van der Waals surface area contributed by atoms with Crippen molar-refractivity contribution >= 4 is 23.3 Å². The zero-order valence-electron chi connectivity index (χ0n) is 73.8. The van der Waals surface area contributed by atoms with Crippen LogP contribution in [0.1, 0.15) is 489 Å². The number of nitriles is 2. The van der Waals surface area contributed by atoms with Crippen molar-refractivity contribution in [1.82, 2.24) is 0 Å². The first-order valence-electron chi connectivity index (χ1n) is 48.4. The molecule has 3 rings (SSSR count). The predicted octanol–water partition coefficient (Wildman–Crippen LogP) is 34.9. The zero-order valence-corrected chi connectivity index (χ0v) is 73.8. The van der Waals surface area contributed by atoms with E-state index in [9.17, 15) is 10.5 Å². The first-order valence-corrected chi connectivity index (χ1v) is 48.4. The molecule has 6 nitrogen and oxygen atoms in total. The van der Waals surface area contributed by atoms with E-state index < -0.39 is 0 Å². The molecule has 0 N–H and O–H groups in total. The van der Waals surface area contributed by atoms with Gasteiger partial charge in [-0.05, 0) is 135 Å². The number of ether oxygens (including phenoxy) is 4. The van der Waals surface area contributed by atoms with E-state index in [-0.39, 0.29) is 0 Å². The number of nitrogens with zero attached hydrogens (tertiary/aromatic N) is 2. The summed E-state index contributed by atoms with van der Waals surface area (Å²) in [6.45, 7) is 21.1. The number of unbranched alkanes of at least 4 members (excludes halogenated alkanes) is 48. The molecule has 0 aliphatic rings. The van der Waals surface area contributed by atoms with Crippen molar-refractivity contribution in [3.05, 3.63) is 82.9 Å². The van der Waals surface area contributed by atoms with Gasteiger partial charge in [-0.15, -0.1) is 0 Å². The van der Waals surface area contributed by atoms with E-state index in [1.165, 1.54) is 411 Å². The van der Waals surface area contributed by atoms with Crippen LogP contribution in [0.4, 0.5) is 0 Å². The molecule has 0 bridgehead atoms. The fourth-order valence-corrected chi connectivity index (χ4v) is 16.4. The number of rotatable bonds is 80. The van der Waals surface area contributed by atoms with Gasteiger partial charge < -0.3 is 18.9 Å². The van der Waals surface area contributed by atoms with E-state index in [0.29, 0.717) is 61.2 Å². The summed E-state index contributed by atoms with van der Waals surface area (Å²) in [4.78, 5) is 0. The maximum atomic E-state index is 11.4. The molecule has 3 aromatic carbocycles. The summed E-state index contributed by atoms with van der Waals surface area (Å²) in [7, 11) is 0. The Balaban J connectivity index is 2.11. The Morgan fingerprint density at radius 3 is 0.618 bits per heavy atom. The fourth-order valence-electron chi connectivity index (χ4n) is 16.4. The molecule has 110 heavy (non-hydrogen) atoms. The normalized spacial score (nSPS) is 13.0.